The Balaban J connectivity index is 1.97. The van der Waals surface area contributed by atoms with E-state index in [1.165, 1.54) is 6.08 Å². The van der Waals surface area contributed by atoms with Crippen molar-refractivity contribution in [3.8, 4) is 11.5 Å². The largest absolute Gasteiger partial charge is 0.493 e. The zero-order valence-corrected chi connectivity index (χ0v) is 17.5. The highest BCUT2D eigenvalue weighted by Crippen LogP contribution is 2.28. The van der Waals surface area contributed by atoms with E-state index in [1.54, 1.807) is 49.6 Å². The normalized spacial score (nSPS) is 10.6. The van der Waals surface area contributed by atoms with Crippen LogP contribution in [0.25, 0.3) is 6.08 Å². The van der Waals surface area contributed by atoms with E-state index < -0.39 is 5.97 Å². The van der Waals surface area contributed by atoms with Crippen molar-refractivity contribution >= 4 is 23.6 Å². The van der Waals surface area contributed by atoms with Gasteiger partial charge in [0.1, 0.15) is 6.61 Å². The summed E-state index contributed by atoms with van der Waals surface area (Å²) in [5.74, 6) is 0.439. The maximum absolute atomic E-state index is 12.2. The molecule has 0 aliphatic rings. The molecule has 0 unspecified atom stereocenters. The number of anilines is 1. The number of hydrogen-bond donors (Lipinski definition) is 1. The zero-order chi connectivity index (χ0) is 21.8. The Morgan fingerprint density at radius 3 is 2.57 bits per heavy atom. The second-order valence-corrected chi connectivity index (χ2v) is 6.08. The molecule has 0 atom stereocenters. The van der Waals surface area contributed by atoms with Gasteiger partial charge in [-0.2, -0.15) is 0 Å². The van der Waals surface area contributed by atoms with Crippen LogP contribution in [0.4, 0.5) is 5.69 Å². The maximum atomic E-state index is 12.2. The summed E-state index contributed by atoms with van der Waals surface area (Å²) in [5, 5.41) is 2.73. The van der Waals surface area contributed by atoms with Crippen molar-refractivity contribution in [2.75, 3.05) is 38.9 Å². The fourth-order valence-electron chi connectivity index (χ4n) is 2.56. The number of ether oxygens (including phenoxy) is 4. The second kappa shape index (κ2) is 12.3. The van der Waals surface area contributed by atoms with Crippen LogP contribution in [0, 0.1) is 0 Å². The Hall–Kier alpha value is -3.32. The summed E-state index contributed by atoms with van der Waals surface area (Å²) >= 11 is 0. The zero-order valence-electron chi connectivity index (χ0n) is 17.5. The van der Waals surface area contributed by atoms with E-state index in [2.05, 4.69) is 5.32 Å². The number of benzene rings is 2. The highest BCUT2D eigenvalue weighted by Gasteiger charge is 2.09. The molecule has 0 aliphatic carbocycles. The van der Waals surface area contributed by atoms with Crippen LogP contribution >= 0.6 is 0 Å². The molecule has 1 amide bonds. The molecule has 0 spiro atoms. The summed E-state index contributed by atoms with van der Waals surface area (Å²) in [6.07, 6.45) is 3.07. The molecule has 7 nitrogen and oxygen atoms in total. The highest BCUT2D eigenvalue weighted by atomic mass is 16.6. The predicted molar refractivity (Wildman–Crippen MR) is 115 cm³/mol. The SMILES string of the molecule is CCOCCOC(=O)c1cccc(NC(=O)/C=C/c2ccc(OCC)c(OC)c2)c1. The minimum Gasteiger partial charge on any atom is -0.493 e. The van der Waals surface area contributed by atoms with Gasteiger partial charge in [0.25, 0.3) is 0 Å². The van der Waals surface area contributed by atoms with Crippen molar-refractivity contribution in [2.45, 2.75) is 13.8 Å². The maximum Gasteiger partial charge on any atom is 0.338 e. The molecule has 0 bridgehead atoms. The Morgan fingerprint density at radius 2 is 1.83 bits per heavy atom. The third kappa shape index (κ3) is 7.25. The smallest absolute Gasteiger partial charge is 0.338 e. The van der Waals surface area contributed by atoms with E-state index in [0.717, 1.165) is 5.56 Å². The van der Waals surface area contributed by atoms with Crippen molar-refractivity contribution in [1.82, 2.24) is 0 Å². The average Bonchev–Trinajstić information content (AvgIpc) is 2.76. The molecule has 0 saturated heterocycles. The van der Waals surface area contributed by atoms with Gasteiger partial charge in [-0.1, -0.05) is 12.1 Å². The van der Waals surface area contributed by atoms with Gasteiger partial charge in [0.05, 0.1) is 25.9 Å². The van der Waals surface area contributed by atoms with Crippen LogP contribution in [-0.4, -0.2) is 45.4 Å². The van der Waals surface area contributed by atoms with Crippen LogP contribution < -0.4 is 14.8 Å². The van der Waals surface area contributed by atoms with Gasteiger partial charge >= 0.3 is 5.97 Å². The first-order chi connectivity index (χ1) is 14.6. The number of hydrogen-bond acceptors (Lipinski definition) is 6. The summed E-state index contributed by atoms with van der Waals surface area (Å²) in [6, 6.07) is 12.0. The monoisotopic (exact) mass is 413 g/mol. The molecule has 30 heavy (non-hydrogen) atoms. The van der Waals surface area contributed by atoms with Crippen molar-refractivity contribution in [2.24, 2.45) is 0 Å². The standard InChI is InChI=1S/C23H27NO6/c1-4-28-13-14-30-23(26)18-7-6-8-19(16-18)24-22(25)12-10-17-9-11-20(29-5-2)21(15-17)27-3/h6-12,15-16H,4-5,13-14H2,1-3H3,(H,24,25)/b12-10+. The number of rotatable bonds is 11. The Kier molecular flexibility index (Phi) is 9.40. The number of methoxy groups -OCH3 is 1. The fourth-order valence-corrected chi connectivity index (χ4v) is 2.56. The quantitative estimate of drug-likeness (QED) is 0.341. The van der Waals surface area contributed by atoms with E-state index in [9.17, 15) is 9.59 Å². The first-order valence-corrected chi connectivity index (χ1v) is 9.72. The molecular formula is C23H27NO6. The lowest BCUT2D eigenvalue weighted by molar-refractivity contribution is -0.111. The van der Waals surface area contributed by atoms with E-state index >= 15 is 0 Å². The molecule has 2 aromatic carbocycles. The van der Waals surface area contributed by atoms with E-state index in [0.29, 0.717) is 42.6 Å². The topological polar surface area (TPSA) is 83.1 Å². The number of amides is 1. The summed E-state index contributed by atoms with van der Waals surface area (Å²) in [4.78, 5) is 24.3. The lowest BCUT2D eigenvalue weighted by atomic mass is 10.1. The molecule has 0 saturated carbocycles. The van der Waals surface area contributed by atoms with Gasteiger partial charge in [-0.15, -0.1) is 0 Å². The Morgan fingerprint density at radius 1 is 1.00 bits per heavy atom. The fraction of sp³-hybridized carbons (Fsp3) is 0.304. The molecular weight excluding hydrogens is 386 g/mol. The summed E-state index contributed by atoms with van der Waals surface area (Å²) in [6.45, 7) is 5.39. The van der Waals surface area contributed by atoms with Crippen LogP contribution in [0.15, 0.2) is 48.5 Å². The van der Waals surface area contributed by atoms with Gasteiger partial charge in [-0.05, 0) is 55.8 Å². The van der Waals surface area contributed by atoms with Crippen molar-refractivity contribution < 1.29 is 28.5 Å². The van der Waals surface area contributed by atoms with Crippen LogP contribution in [0.1, 0.15) is 29.8 Å². The minimum absolute atomic E-state index is 0.178. The number of carbonyl (C=O) groups excluding carboxylic acids is 2. The third-order valence-corrected chi connectivity index (χ3v) is 3.95. The molecule has 2 aromatic rings. The van der Waals surface area contributed by atoms with Gasteiger partial charge in [-0.25, -0.2) is 4.79 Å². The minimum atomic E-state index is -0.470. The molecule has 0 radical (unpaired) electrons. The van der Waals surface area contributed by atoms with Gasteiger partial charge < -0.3 is 24.3 Å². The second-order valence-electron chi connectivity index (χ2n) is 6.08. The molecule has 0 aromatic heterocycles. The van der Waals surface area contributed by atoms with Crippen LogP contribution in [0.2, 0.25) is 0 Å². The highest BCUT2D eigenvalue weighted by molar-refractivity contribution is 6.02. The lowest BCUT2D eigenvalue weighted by Gasteiger charge is -2.09. The molecule has 0 heterocycles. The van der Waals surface area contributed by atoms with Gasteiger partial charge in [-0.3, -0.25) is 4.79 Å². The van der Waals surface area contributed by atoms with Crippen molar-refractivity contribution in [1.29, 1.82) is 0 Å². The van der Waals surface area contributed by atoms with E-state index in [-0.39, 0.29) is 12.5 Å². The molecule has 0 aliphatic heterocycles. The van der Waals surface area contributed by atoms with E-state index in [1.807, 2.05) is 19.9 Å². The Bertz CT molecular complexity index is 878. The number of carbonyl (C=O) groups is 2. The predicted octanol–water partition coefficient (Wildman–Crippen LogP) is 3.94. The first-order valence-electron chi connectivity index (χ1n) is 9.72. The van der Waals surface area contributed by atoms with Crippen molar-refractivity contribution in [3.05, 3.63) is 59.7 Å². The summed E-state index contributed by atoms with van der Waals surface area (Å²) in [7, 11) is 1.56. The van der Waals surface area contributed by atoms with E-state index in [4.69, 9.17) is 18.9 Å². The average molecular weight is 413 g/mol. The van der Waals surface area contributed by atoms with Crippen LogP contribution in [0.5, 0.6) is 11.5 Å². The van der Waals surface area contributed by atoms with Crippen LogP contribution in [-0.2, 0) is 14.3 Å². The molecule has 160 valence electrons. The summed E-state index contributed by atoms with van der Waals surface area (Å²) in [5.41, 5.74) is 1.63. The van der Waals surface area contributed by atoms with Gasteiger partial charge in [0, 0.05) is 18.4 Å². The van der Waals surface area contributed by atoms with Crippen LogP contribution in [0.3, 0.4) is 0 Å². The molecule has 1 N–H and O–H groups in total. The van der Waals surface area contributed by atoms with Crippen molar-refractivity contribution in [3.63, 3.8) is 0 Å². The summed E-state index contributed by atoms with van der Waals surface area (Å²) < 4.78 is 21.1. The Labute approximate surface area is 176 Å². The molecule has 7 heteroatoms. The van der Waals surface area contributed by atoms with Gasteiger partial charge in [0.2, 0.25) is 5.91 Å². The molecule has 0 fully saturated rings. The molecule has 2 rings (SSSR count). The number of esters is 1. The lowest BCUT2D eigenvalue weighted by Crippen LogP contribution is -2.12. The van der Waals surface area contributed by atoms with Gasteiger partial charge in [0.15, 0.2) is 11.5 Å². The first kappa shape index (κ1) is 23.0. The third-order valence-electron chi connectivity index (χ3n) is 3.95. The number of nitrogens with one attached hydrogen (secondary N) is 1.